The van der Waals surface area contributed by atoms with E-state index in [2.05, 4.69) is 14.7 Å². The van der Waals surface area contributed by atoms with Crippen LogP contribution in [0.1, 0.15) is 23.2 Å². The van der Waals surface area contributed by atoms with Crippen molar-refractivity contribution in [3.63, 3.8) is 0 Å². The molecule has 3 rings (SSSR count). The lowest BCUT2D eigenvalue weighted by molar-refractivity contribution is 0.0748. The summed E-state index contributed by atoms with van der Waals surface area (Å²) in [7, 11) is -1.97. The number of sulfonamides is 1. The van der Waals surface area contributed by atoms with Gasteiger partial charge in [-0.1, -0.05) is 0 Å². The predicted octanol–water partition coefficient (Wildman–Crippen LogP) is 0.421. The lowest BCUT2D eigenvalue weighted by atomic mass is 10.2. The van der Waals surface area contributed by atoms with Gasteiger partial charge in [-0.25, -0.2) is 23.1 Å². The van der Waals surface area contributed by atoms with Gasteiger partial charge in [-0.05, 0) is 32.0 Å². The number of amides is 1. The number of nitrogens with one attached hydrogen (secondary N) is 1. The molecule has 8 nitrogen and oxygen atoms in total. The summed E-state index contributed by atoms with van der Waals surface area (Å²) in [6.07, 6.45) is 8.05. The van der Waals surface area contributed by atoms with Gasteiger partial charge in [0.25, 0.3) is 5.91 Å². The molecule has 1 unspecified atom stereocenters. The van der Waals surface area contributed by atoms with Crippen molar-refractivity contribution in [3.8, 4) is 5.82 Å². The number of nitrogens with zero attached hydrogens (tertiary/aromatic N) is 4. The van der Waals surface area contributed by atoms with Crippen LogP contribution in [0, 0.1) is 0 Å². The maximum Gasteiger partial charge on any atom is 0.255 e. The number of hydrogen-bond acceptors (Lipinski definition) is 5. The molecule has 128 valence electrons. The minimum absolute atomic E-state index is 0.0736. The summed E-state index contributed by atoms with van der Waals surface area (Å²) < 4.78 is 27.6. The van der Waals surface area contributed by atoms with Crippen molar-refractivity contribution in [3.05, 3.63) is 42.6 Å². The van der Waals surface area contributed by atoms with E-state index in [1.54, 1.807) is 40.3 Å². The Bertz CT molecular complexity index is 802. The van der Waals surface area contributed by atoms with Gasteiger partial charge >= 0.3 is 0 Å². The standard InChI is InChI=1S/C15H19N5O3S/c1-16-24(22,23)10-13-3-2-7-20(13)15(21)12-4-5-14(18-9-12)19-8-6-17-11-19/h4-6,8-9,11,13,16H,2-3,7,10H2,1H3. The van der Waals surface area contributed by atoms with Gasteiger partial charge in [-0.2, -0.15) is 0 Å². The van der Waals surface area contributed by atoms with Gasteiger partial charge in [-0.3, -0.25) is 9.36 Å². The molecule has 9 heteroatoms. The smallest absolute Gasteiger partial charge is 0.255 e. The van der Waals surface area contributed by atoms with Crippen molar-refractivity contribution >= 4 is 15.9 Å². The third kappa shape index (κ3) is 3.46. The highest BCUT2D eigenvalue weighted by Crippen LogP contribution is 2.21. The topological polar surface area (TPSA) is 97.2 Å². The Hall–Kier alpha value is -2.26. The fraction of sp³-hybridized carbons (Fsp3) is 0.400. The Morgan fingerprint density at radius 1 is 1.42 bits per heavy atom. The first-order chi connectivity index (χ1) is 11.5. The highest BCUT2D eigenvalue weighted by molar-refractivity contribution is 7.89. The molecule has 24 heavy (non-hydrogen) atoms. The Morgan fingerprint density at radius 3 is 2.88 bits per heavy atom. The normalized spacial score (nSPS) is 18.0. The molecule has 0 spiro atoms. The zero-order valence-electron chi connectivity index (χ0n) is 13.3. The molecule has 1 aliphatic rings. The highest BCUT2D eigenvalue weighted by Gasteiger charge is 2.32. The molecular formula is C15H19N5O3S. The van der Waals surface area contributed by atoms with Gasteiger partial charge in [0.15, 0.2) is 0 Å². The van der Waals surface area contributed by atoms with Crippen LogP contribution in [-0.2, 0) is 10.0 Å². The first-order valence-electron chi connectivity index (χ1n) is 7.67. The van der Waals surface area contributed by atoms with Crippen molar-refractivity contribution in [2.75, 3.05) is 19.3 Å². The summed E-state index contributed by atoms with van der Waals surface area (Å²) >= 11 is 0. The van der Waals surface area contributed by atoms with Crippen molar-refractivity contribution < 1.29 is 13.2 Å². The zero-order valence-corrected chi connectivity index (χ0v) is 14.1. The summed E-state index contributed by atoms with van der Waals surface area (Å²) in [6, 6.07) is 3.14. The van der Waals surface area contributed by atoms with E-state index < -0.39 is 10.0 Å². The quantitative estimate of drug-likeness (QED) is 0.844. The summed E-state index contributed by atoms with van der Waals surface area (Å²) in [5, 5.41) is 0. The molecule has 0 aromatic carbocycles. The van der Waals surface area contributed by atoms with Gasteiger partial charge in [0.2, 0.25) is 10.0 Å². The number of pyridine rings is 1. The van der Waals surface area contributed by atoms with E-state index in [1.807, 2.05) is 0 Å². The number of hydrogen-bond donors (Lipinski definition) is 1. The van der Waals surface area contributed by atoms with Crippen molar-refractivity contribution in [2.24, 2.45) is 0 Å². The van der Waals surface area contributed by atoms with Crippen molar-refractivity contribution in [1.29, 1.82) is 0 Å². The Kier molecular flexibility index (Phi) is 4.63. The molecule has 0 saturated carbocycles. The van der Waals surface area contributed by atoms with Crippen LogP contribution < -0.4 is 4.72 Å². The molecule has 2 aromatic rings. The number of rotatable bonds is 5. The van der Waals surface area contributed by atoms with Gasteiger partial charge in [-0.15, -0.1) is 0 Å². The van der Waals surface area contributed by atoms with E-state index >= 15 is 0 Å². The number of likely N-dealkylation sites (tertiary alicyclic amines) is 1. The van der Waals surface area contributed by atoms with Crippen LogP contribution in [0.3, 0.4) is 0 Å². The van der Waals surface area contributed by atoms with Crippen molar-refractivity contribution in [1.82, 2.24) is 24.2 Å². The van der Waals surface area contributed by atoms with Gasteiger partial charge in [0, 0.05) is 31.2 Å². The van der Waals surface area contributed by atoms with Crippen LogP contribution in [0.15, 0.2) is 37.1 Å². The Morgan fingerprint density at radius 2 is 2.25 bits per heavy atom. The minimum atomic E-state index is -3.36. The predicted molar refractivity (Wildman–Crippen MR) is 88.3 cm³/mol. The zero-order chi connectivity index (χ0) is 17.2. The molecular weight excluding hydrogens is 330 g/mol. The second kappa shape index (κ2) is 6.70. The van der Waals surface area contributed by atoms with Crippen LogP contribution in [0.25, 0.3) is 5.82 Å². The first-order valence-corrected chi connectivity index (χ1v) is 9.32. The Labute approximate surface area is 140 Å². The number of aromatic nitrogens is 3. The molecule has 1 aliphatic heterocycles. The number of carbonyl (C=O) groups is 1. The maximum absolute atomic E-state index is 12.7. The molecule has 1 atom stereocenters. The molecule has 1 amide bonds. The molecule has 1 fully saturated rings. The van der Waals surface area contributed by atoms with E-state index in [1.165, 1.54) is 13.2 Å². The first kappa shape index (κ1) is 16.6. The molecule has 1 N–H and O–H groups in total. The van der Waals surface area contributed by atoms with Crippen LogP contribution in [0.5, 0.6) is 0 Å². The van der Waals surface area contributed by atoms with E-state index in [0.717, 1.165) is 6.42 Å². The second-order valence-corrected chi connectivity index (χ2v) is 7.63. The monoisotopic (exact) mass is 349 g/mol. The van der Waals surface area contributed by atoms with Crippen LogP contribution in [0.2, 0.25) is 0 Å². The summed E-state index contributed by atoms with van der Waals surface area (Å²) in [6.45, 7) is 0.562. The van der Waals surface area contributed by atoms with Crippen LogP contribution in [-0.4, -0.2) is 59.1 Å². The fourth-order valence-corrected chi connectivity index (χ4v) is 3.86. The van der Waals surface area contributed by atoms with Gasteiger partial charge in [0.1, 0.15) is 12.1 Å². The second-order valence-electron chi connectivity index (χ2n) is 5.66. The maximum atomic E-state index is 12.7. The molecule has 2 aromatic heterocycles. The average Bonchev–Trinajstić information content (AvgIpc) is 3.26. The molecule has 0 aliphatic carbocycles. The van der Waals surface area contributed by atoms with Crippen LogP contribution >= 0.6 is 0 Å². The van der Waals surface area contributed by atoms with Gasteiger partial charge < -0.3 is 4.90 Å². The third-order valence-corrected chi connectivity index (χ3v) is 5.57. The van der Waals surface area contributed by atoms with E-state index in [4.69, 9.17) is 0 Å². The summed E-state index contributed by atoms with van der Waals surface area (Å²) in [5.74, 6) is 0.406. The number of imidazole rings is 1. The highest BCUT2D eigenvalue weighted by atomic mass is 32.2. The van der Waals surface area contributed by atoms with Gasteiger partial charge in [0.05, 0.1) is 11.3 Å². The fourth-order valence-electron chi connectivity index (χ4n) is 2.84. The van der Waals surface area contributed by atoms with E-state index in [9.17, 15) is 13.2 Å². The Balaban J connectivity index is 1.75. The summed E-state index contributed by atoms with van der Waals surface area (Å²) in [5.41, 5.74) is 0.452. The minimum Gasteiger partial charge on any atom is -0.335 e. The summed E-state index contributed by atoms with van der Waals surface area (Å²) in [4.78, 5) is 22.5. The van der Waals surface area contributed by atoms with E-state index in [0.29, 0.717) is 24.3 Å². The average molecular weight is 349 g/mol. The van der Waals surface area contributed by atoms with Crippen LogP contribution in [0.4, 0.5) is 0 Å². The third-order valence-electron chi connectivity index (χ3n) is 4.12. The SMILES string of the molecule is CNS(=O)(=O)CC1CCCN1C(=O)c1ccc(-n2ccnc2)nc1. The molecule has 3 heterocycles. The lowest BCUT2D eigenvalue weighted by Crippen LogP contribution is -2.41. The number of carbonyl (C=O) groups excluding carboxylic acids is 1. The largest absolute Gasteiger partial charge is 0.335 e. The molecule has 1 saturated heterocycles. The van der Waals surface area contributed by atoms with Crippen molar-refractivity contribution in [2.45, 2.75) is 18.9 Å². The van der Waals surface area contributed by atoms with E-state index in [-0.39, 0.29) is 17.7 Å². The molecule has 0 bridgehead atoms. The lowest BCUT2D eigenvalue weighted by Gasteiger charge is -2.24. The molecule has 0 radical (unpaired) electrons.